The molecule has 2 aromatic heterocycles. The number of hydrogen-bond donors (Lipinski definition) is 3. The molecule has 0 unspecified atom stereocenters. The van der Waals surface area contributed by atoms with Crippen LogP contribution in [0.15, 0.2) is 79.3 Å². The molecule has 9 nitrogen and oxygen atoms in total. The SMILES string of the molecule is COc1cncc2c1[C@]1(O)[C@@H](CNCc3ccnn3C)[C@H](CO)[C@@H](c3ccccc3)[C@]1(c1ccc(C#N)cc1)O2. The van der Waals surface area contributed by atoms with Crippen LogP contribution in [0, 0.1) is 23.2 Å². The first-order chi connectivity index (χ1) is 19.5. The van der Waals surface area contributed by atoms with Crippen molar-refractivity contribution in [2.24, 2.45) is 18.9 Å². The Morgan fingerprint density at radius 2 is 1.90 bits per heavy atom. The number of rotatable bonds is 8. The first-order valence-corrected chi connectivity index (χ1v) is 13.3. The number of aliphatic hydroxyl groups excluding tert-OH is 1. The molecule has 9 heteroatoms. The zero-order valence-corrected chi connectivity index (χ0v) is 22.4. The number of aryl methyl sites for hydroxylation is 1. The van der Waals surface area contributed by atoms with E-state index in [4.69, 9.17) is 9.47 Å². The van der Waals surface area contributed by atoms with Crippen LogP contribution in [-0.2, 0) is 24.8 Å². The van der Waals surface area contributed by atoms with Gasteiger partial charge in [0.15, 0.2) is 5.60 Å². The van der Waals surface area contributed by atoms with Crippen LogP contribution in [0.25, 0.3) is 0 Å². The predicted octanol–water partition coefficient (Wildman–Crippen LogP) is 2.98. The minimum Gasteiger partial charge on any atom is -0.495 e. The van der Waals surface area contributed by atoms with Crippen molar-refractivity contribution in [3.8, 4) is 17.6 Å². The van der Waals surface area contributed by atoms with Gasteiger partial charge >= 0.3 is 0 Å². The monoisotopic (exact) mass is 537 g/mol. The number of methoxy groups -OCH3 is 1. The molecule has 1 fully saturated rings. The van der Waals surface area contributed by atoms with Crippen LogP contribution in [0.4, 0.5) is 0 Å². The number of ether oxygens (including phenoxy) is 2. The summed E-state index contributed by atoms with van der Waals surface area (Å²) in [6, 6.07) is 21.1. The van der Waals surface area contributed by atoms with Crippen LogP contribution in [0.2, 0.25) is 0 Å². The Kier molecular flexibility index (Phi) is 6.55. The lowest BCUT2D eigenvalue weighted by Gasteiger charge is -2.42. The summed E-state index contributed by atoms with van der Waals surface area (Å²) in [5.41, 5.74) is 0.672. The second kappa shape index (κ2) is 10.1. The van der Waals surface area contributed by atoms with Gasteiger partial charge in [-0.25, -0.2) is 0 Å². The van der Waals surface area contributed by atoms with E-state index in [1.165, 1.54) is 0 Å². The van der Waals surface area contributed by atoms with Crippen LogP contribution in [0.3, 0.4) is 0 Å². The van der Waals surface area contributed by atoms with Crippen molar-refractivity contribution in [1.29, 1.82) is 5.26 Å². The molecule has 3 N–H and O–H groups in total. The lowest BCUT2D eigenvalue weighted by atomic mass is 9.69. The molecule has 3 heterocycles. The van der Waals surface area contributed by atoms with E-state index in [2.05, 4.69) is 21.5 Å². The number of hydrogen-bond acceptors (Lipinski definition) is 8. The topological polar surface area (TPSA) is 125 Å². The molecule has 2 aliphatic rings. The second-order valence-electron chi connectivity index (χ2n) is 10.4. The molecule has 6 rings (SSSR count). The third-order valence-corrected chi connectivity index (χ3v) is 8.64. The number of nitrogens with zero attached hydrogens (tertiary/aromatic N) is 4. The third kappa shape index (κ3) is 3.64. The number of nitrogens with one attached hydrogen (secondary N) is 1. The van der Waals surface area contributed by atoms with Crippen LogP contribution >= 0.6 is 0 Å². The largest absolute Gasteiger partial charge is 0.495 e. The summed E-state index contributed by atoms with van der Waals surface area (Å²) in [6.45, 7) is 0.731. The Labute approximate surface area is 232 Å². The van der Waals surface area contributed by atoms with Gasteiger partial charge in [0.2, 0.25) is 0 Å². The van der Waals surface area contributed by atoms with Gasteiger partial charge in [0.05, 0.1) is 42.4 Å². The molecule has 0 amide bonds. The average molecular weight is 538 g/mol. The van der Waals surface area contributed by atoms with Crippen molar-refractivity contribution in [3.63, 3.8) is 0 Å². The lowest BCUT2D eigenvalue weighted by Crippen LogP contribution is -2.52. The summed E-state index contributed by atoms with van der Waals surface area (Å²) in [4.78, 5) is 4.33. The van der Waals surface area contributed by atoms with Crippen LogP contribution in [0.5, 0.6) is 11.5 Å². The standard InChI is InChI=1S/C31H31N5O4/c1-36-23(12-13-35-36)15-33-16-25-24(19-37)28(21-6-4-3-5-7-21)31(22-10-8-20(14-32)9-11-22)30(25,38)29-26(39-2)17-34-18-27(29)40-31/h3-13,17-18,24-25,28,33,37-38H,15-16,19H2,1-2H3/t24-,25-,28+,30+,31-/m0/s1. The maximum atomic E-state index is 13.3. The summed E-state index contributed by atoms with van der Waals surface area (Å²) in [6.07, 6.45) is 4.94. The molecule has 40 heavy (non-hydrogen) atoms. The number of fused-ring (bicyclic) bond motifs is 3. The van der Waals surface area contributed by atoms with E-state index in [0.717, 1.165) is 11.3 Å². The van der Waals surface area contributed by atoms with Gasteiger partial charge in [0, 0.05) is 50.7 Å². The van der Waals surface area contributed by atoms with Crippen LogP contribution in [0.1, 0.15) is 33.9 Å². The highest BCUT2D eigenvalue weighted by atomic mass is 16.5. The van der Waals surface area contributed by atoms with Gasteiger partial charge in [-0.05, 0) is 29.3 Å². The van der Waals surface area contributed by atoms with Crippen LogP contribution in [-0.4, -0.2) is 45.2 Å². The van der Waals surface area contributed by atoms with Gasteiger partial charge in [-0.15, -0.1) is 0 Å². The molecule has 1 saturated carbocycles. The second-order valence-corrected chi connectivity index (χ2v) is 10.4. The minimum absolute atomic E-state index is 0.177. The van der Waals surface area contributed by atoms with Crippen molar-refractivity contribution in [2.45, 2.75) is 23.7 Å². The van der Waals surface area contributed by atoms with Crippen molar-refractivity contribution in [3.05, 3.63) is 107 Å². The zero-order chi connectivity index (χ0) is 27.9. The van der Waals surface area contributed by atoms with Crippen LogP contribution < -0.4 is 14.8 Å². The fraction of sp³-hybridized carbons (Fsp3) is 0.323. The summed E-state index contributed by atoms with van der Waals surface area (Å²) in [5, 5.41) is 41.5. The van der Waals surface area contributed by atoms with Gasteiger partial charge in [0.1, 0.15) is 17.1 Å². The quantitative estimate of drug-likeness (QED) is 0.313. The van der Waals surface area contributed by atoms with Gasteiger partial charge in [0.25, 0.3) is 0 Å². The highest BCUT2D eigenvalue weighted by Gasteiger charge is 2.76. The number of benzene rings is 2. The highest BCUT2D eigenvalue weighted by Crippen LogP contribution is 2.71. The fourth-order valence-corrected chi connectivity index (χ4v) is 6.93. The molecule has 204 valence electrons. The minimum atomic E-state index is -1.63. The smallest absolute Gasteiger partial charge is 0.174 e. The maximum Gasteiger partial charge on any atom is 0.174 e. The predicted molar refractivity (Wildman–Crippen MR) is 146 cm³/mol. The molecular weight excluding hydrogens is 506 g/mol. The van der Waals surface area contributed by atoms with Crippen molar-refractivity contribution in [2.75, 3.05) is 20.3 Å². The lowest BCUT2D eigenvalue weighted by molar-refractivity contribution is -0.128. The Hall–Kier alpha value is -4.23. The zero-order valence-electron chi connectivity index (χ0n) is 22.4. The summed E-state index contributed by atoms with van der Waals surface area (Å²) in [7, 11) is 3.43. The third-order valence-electron chi connectivity index (χ3n) is 8.64. The first-order valence-electron chi connectivity index (χ1n) is 13.3. The van der Waals surface area contributed by atoms with Gasteiger partial charge in [-0.3, -0.25) is 9.67 Å². The molecule has 0 spiro atoms. The van der Waals surface area contributed by atoms with E-state index >= 15 is 0 Å². The first kappa shape index (κ1) is 26.0. The number of aliphatic hydroxyl groups is 2. The van der Waals surface area contributed by atoms with E-state index in [9.17, 15) is 15.5 Å². The Bertz CT molecular complexity index is 1550. The summed E-state index contributed by atoms with van der Waals surface area (Å²) >= 11 is 0. The van der Waals surface area contributed by atoms with Crippen molar-refractivity contribution < 1.29 is 19.7 Å². The average Bonchev–Trinajstić information content (AvgIpc) is 3.59. The van der Waals surface area contributed by atoms with Gasteiger partial charge in [-0.2, -0.15) is 10.4 Å². The molecule has 4 aromatic rings. The van der Waals surface area contributed by atoms with Gasteiger partial charge in [-0.1, -0.05) is 42.5 Å². The van der Waals surface area contributed by atoms with E-state index in [1.54, 1.807) is 42.5 Å². The Balaban J connectivity index is 1.58. The molecule has 1 aliphatic heterocycles. The normalized spacial score (nSPS) is 26.5. The van der Waals surface area contributed by atoms with E-state index < -0.39 is 29.0 Å². The molecule has 1 aliphatic carbocycles. The maximum absolute atomic E-state index is 13.3. The molecule has 2 aromatic carbocycles. The van der Waals surface area contributed by atoms with Gasteiger partial charge < -0.3 is 25.0 Å². The summed E-state index contributed by atoms with van der Waals surface area (Å²) < 4.78 is 14.4. The van der Waals surface area contributed by atoms with Crippen molar-refractivity contribution in [1.82, 2.24) is 20.1 Å². The van der Waals surface area contributed by atoms with E-state index in [0.29, 0.717) is 41.3 Å². The molecule has 5 atom stereocenters. The Morgan fingerprint density at radius 1 is 1.12 bits per heavy atom. The summed E-state index contributed by atoms with van der Waals surface area (Å²) in [5.74, 6) is -0.493. The van der Waals surface area contributed by atoms with Crippen molar-refractivity contribution >= 4 is 0 Å². The number of pyridine rings is 1. The Morgan fingerprint density at radius 3 is 2.55 bits per heavy atom. The van der Waals surface area contributed by atoms with E-state index in [1.807, 2.05) is 55.6 Å². The number of aromatic nitrogens is 3. The highest BCUT2D eigenvalue weighted by molar-refractivity contribution is 5.59. The molecule has 0 bridgehead atoms. The molecule has 0 radical (unpaired) electrons. The van der Waals surface area contributed by atoms with E-state index in [-0.39, 0.29) is 6.61 Å². The fourth-order valence-electron chi connectivity index (χ4n) is 6.93. The number of nitriles is 1. The molecule has 0 saturated heterocycles. The molecular formula is C31H31N5O4.